The molecule has 0 saturated heterocycles. The quantitative estimate of drug-likeness (QED) is 0.421. The van der Waals surface area contributed by atoms with Crippen LogP contribution < -0.4 is 10.6 Å². The van der Waals surface area contributed by atoms with Crippen molar-refractivity contribution in [1.29, 1.82) is 0 Å². The largest absolute Gasteiger partial charge is 0.382 e. The molecule has 0 unspecified atom stereocenters. The molecule has 0 aliphatic carbocycles. The Morgan fingerprint density at radius 1 is 1.21 bits per heavy atom. The first-order chi connectivity index (χ1) is 11.8. The monoisotopic (exact) mass is 331 g/mol. The third kappa shape index (κ3) is 5.23. The van der Waals surface area contributed by atoms with Gasteiger partial charge in [-0.25, -0.2) is 9.98 Å². The van der Waals surface area contributed by atoms with E-state index in [0.29, 0.717) is 6.54 Å². The maximum atomic E-state index is 5.35. The summed E-state index contributed by atoms with van der Waals surface area (Å²) in [6.45, 7) is 7.99. The van der Waals surface area contributed by atoms with Crippen LogP contribution in [0.3, 0.4) is 0 Å². The number of nitrogens with one attached hydrogen (secondary N) is 2. The number of aryl methyl sites for hydroxylation is 1. The van der Waals surface area contributed by atoms with Crippen LogP contribution in [0, 0.1) is 0 Å². The van der Waals surface area contributed by atoms with E-state index in [4.69, 9.17) is 4.74 Å². The highest BCUT2D eigenvalue weighted by atomic mass is 16.5. The lowest BCUT2D eigenvalue weighted by Crippen LogP contribution is -2.37. The molecule has 0 atom stereocenters. The molecule has 0 bridgehead atoms. The zero-order valence-electron chi connectivity index (χ0n) is 15.0. The van der Waals surface area contributed by atoms with Crippen LogP contribution in [0.5, 0.6) is 0 Å². The molecule has 1 aromatic heterocycles. The summed E-state index contributed by atoms with van der Waals surface area (Å²) in [6.07, 6.45) is 2.13. The molecule has 24 heavy (non-hydrogen) atoms. The Bertz CT molecular complexity index is 650. The molecule has 1 aromatic carbocycles. The molecule has 0 spiro atoms. The highest BCUT2D eigenvalue weighted by molar-refractivity contribution is 5.80. The number of para-hydroxylation sites is 2. The zero-order chi connectivity index (χ0) is 17.2. The normalized spacial score (nSPS) is 11.9. The van der Waals surface area contributed by atoms with E-state index >= 15 is 0 Å². The van der Waals surface area contributed by atoms with Gasteiger partial charge in [-0.2, -0.15) is 0 Å². The summed E-state index contributed by atoms with van der Waals surface area (Å²) in [4.78, 5) is 9.31. The van der Waals surface area contributed by atoms with Crippen molar-refractivity contribution in [2.75, 3.05) is 26.3 Å². The number of aromatic nitrogens is 2. The van der Waals surface area contributed by atoms with Crippen LogP contribution in [0.2, 0.25) is 0 Å². The number of rotatable bonds is 9. The summed E-state index contributed by atoms with van der Waals surface area (Å²) < 4.78 is 7.45. The van der Waals surface area contributed by atoms with Gasteiger partial charge in [0.05, 0.1) is 11.0 Å². The Balaban J connectivity index is 1.90. The van der Waals surface area contributed by atoms with Crippen molar-refractivity contribution >= 4 is 17.0 Å². The molecule has 6 heteroatoms. The Morgan fingerprint density at radius 3 is 2.79 bits per heavy atom. The number of nitrogens with zero attached hydrogens (tertiary/aromatic N) is 3. The second kappa shape index (κ2) is 9.93. The average Bonchev–Trinajstić information content (AvgIpc) is 2.92. The van der Waals surface area contributed by atoms with Crippen molar-refractivity contribution in [3.63, 3.8) is 0 Å². The second-order valence-electron chi connectivity index (χ2n) is 5.60. The number of guanidine groups is 1. The smallest absolute Gasteiger partial charge is 0.191 e. The number of aliphatic imine (C=N–C) groups is 1. The first-order valence-electron chi connectivity index (χ1n) is 8.76. The molecular formula is C18H29N5O. The Hall–Kier alpha value is -2.08. The number of imidazole rings is 1. The van der Waals surface area contributed by atoms with Gasteiger partial charge in [-0.15, -0.1) is 0 Å². The predicted octanol–water partition coefficient (Wildman–Crippen LogP) is 2.45. The third-order valence-corrected chi connectivity index (χ3v) is 3.81. The van der Waals surface area contributed by atoms with Gasteiger partial charge in [-0.1, -0.05) is 12.1 Å². The number of unbranched alkanes of at least 4 members (excludes halogenated alkanes) is 1. The van der Waals surface area contributed by atoms with E-state index in [1.807, 2.05) is 32.2 Å². The predicted molar refractivity (Wildman–Crippen MR) is 99.3 cm³/mol. The topological polar surface area (TPSA) is 63.5 Å². The highest BCUT2D eigenvalue weighted by Crippen LogP contribution is 2.14. The van der Waals surface area contributed by atoms with Crippen molar-refractivity contribution in [2.24, 2.45) is 12.0 Å². The van der Waals surface area contributed by atoms with Gasteiger partial charge in [0.2, 0.25) is 0 Å². The van der Waals surface area contributed by atoms with Crippen LogP contribution >= 0.6 is 0 Å². The van der Waals surface area contributed by atoms with Crippen LogP contribution in [0.25, 0.3) is 11.0 Å². The molecule has 2 rings (SSSR count). The van der Waals surface area contributed by atoms with Crippen molar-refractivity contribution < 1.29 is 4.74 Å². The summed E-state index contributed by atoms with van der Waals surface area (Å²) in [5.41, 5.74) is 2.15. The molecule has 0 aliphatic heterocycles. The number of hydrogen-bond donors (Lipinski definition) is 2. The molecule has 0 aliphatic rings. The molecular weight excluding hydrogens is 302 g/mol. The number of benzene rings is 1. The minimum Gasteiger partial charge on any atom is -0.382 e. The van der Waals surface area contributed by atoms with E-state index in [1.54, 1.807) is 0 Å². The van der Waals surface area contributed by atoms with Crippen LogP contribution in [0.4, 0.5) is 0 Å². The fraction of sp³-hybridized carbons (Fsp3) is 0.556. The van der Waals surface area contributed by atoms with Gasteiger partial charge in [-0.05, 0) is 38.8 Å². The van der Waals surface area contributed by atoms with E-state index < -0.39 is 0 Å². The van der Waals surface area contributed by atoms with E-state index in [-0.39, 0.29) is 0 Å². The maximum Gasteiger partial charge on any atom is 0.191 e. The van der Waals surface area contributed by atoms with Crippen LogP contribution in [-0.4, -0.2) is 41.8 Å². The second-order valence-corrected chi connectivity index (χ2v) is 5.60. The molecule has 1 heterocycles. The number of hydrogen-bond acceptors (Lipinski definition) is 3. The Morgan fingerprint density at radius 2 is 2.04 bits per heavy atom. The van der Waals surface area contributed by atoms with Gasteiger partial charge in [0.15, 0.2) is 5.96 Å². The molecule has 0 amide bonds. The van der Waals surface area contributed by atoms with Crippen molar-refractivity contribution in [3.05, 3.63) is 30.1 Å². The highest BCUT2D eigenvalue weighted by Gasteiger charge is 2.06. The van der Waals surface area contributed by atoms with Crippen molar-refractivity contribution in [3.8, 4) is 0 Å². The summed E-state index contributed by atoms with van der Waals surface area (Å²) in [7, 11) is 2.04. The minimum atomic E-state index is 0.555. The van der Waals surface area contributed by atoms with Crippen LogP contribution in [-0.2, 0) is 18.3 Å². The summed E-state index contributed by atoms with van der Waals surface area (Å²) in [5, 5.41) is 6.65. The SMILES string of the molecule is CCNC(=NCc1nc2ccccc2n1C)NCCCCOCC. The molecule has 132 valence electrons. The van der Waals surface area contributed by atoms with Gasteiger partial charge < -0.3 is 19.9 Å². The van der Waals surface area contributed by atoms with Gasteiger partial charge >= 0.3 is 0 Å². The average molecular weight is 331 g/mol. The summed E-state index contributed by atoms with van der Waals surface area (Å²) in [5.74, 6) is 1.80. The van der Waals surface area contributed by atoms with Crippen LogP contribution in [0.1, 0.15) is 32.5 Å². The van der Waals surface area contributed by atoms with Gasteiger partial charge in [0, 0.05) is 33.4 Å². The molecule has 0 fully saturated rings. The molecule has 6 nitrogen and oxygen atoms in total. The van der Waals surface area contributed by atoms with Gasteiger partial charge in [0.25, 0.3) is 0 Å². The Labute approximate surface area is 144 Å². The van der Waals surface area contributed by atoms with E-state index in [9.17, 15) is 0 Å². The Kier molecular flexibility index (Phi) is 7.55. The van der Waals surface area contributed by atoms with Crippen molar-refractivity contribution in [1.82, 2.24) is 20.2 Å². The standard InChI is InChI=1S/C18H29N5O/c1-4-19-18(20-12-8-9-13-24-5-2)21-14-17-22-15-10-6-7-11-16(15)23(17)3/h6-7,10-11H,4-5,8-9,12-14H2,1-3H3,(H2,19,20,21). The molecule has 0 radical (unpaired) electrons. The van der Waals surface area contributed by atoms with Gasteiger partial charge in [0.1, 0.15) is 12.4 Å². The third-order valence-electron chi connectivity index (χ3n) is 3.81. The van der Waals surface area contributed by atoms with Gasteiger partial charge in [-0.3, -0.25) is 0 Å². The fourth-order valence-corrected chi connectivity index (χ4v) is 2.51. The van der Waals surface area contributed by atoms with Crippen molar-refractivity contribution in [2.45, 2.75) is 33.2 Å². The molecule has 0 saturated carbocycles. The van der Waals surface area contributed by atoms with E-state index in [2.05, 4.69) is 38.2 Å². The first-order valence-corrected chi connectivity index (χ1v) is 8.76. The fourth-order valence-electron chi connectivity index (χ4n) is 2.51. The summed E-state index contributed by atoms with van der Waals surface area (Å²) >= 11 is 0. The zero-order valence-corrected chi connectivity index (χ0v) is 15.0. The van der Waals surface area contributed by atoms with Crippen LogP contribution in [0.15, 0.2) is 29.3 Å². The van der Waals surface area contributed by atoms with E-state index in [0.717, 1.165) is 62.0 Å². The number of fused-ring (bicyclic) bond motifs is 1. The first kappa shape index (κ1) is 18.3. The number of ether oxygens (including phenoxy) is 1. The lowest BCUT2D eigenvalue weighted by atomic mass is 10.3. The lowest BCUT2D eigenvalue weighted by Gasteiger charge is -2.11. The van der Waals surface area contributed by atoms with E-state index in [1.165, 1.54) is 0 Å². The molecule has 2 aromatic rings. The molecule has 2 N–H and O–H groups in total. The minimum absolute atomic E-state index is 0.555. The maximum absolute atomic E-state index is 5.35. The summed E-state index contributed by atoms with van der Waals surface area (Å²) in [6, 6.07) is 8.16. The lowest BCUT2D eigenvalue weighted by molar-refractivity contribution is 0.143.